The van der Waals surface area contributed by atoms with Gasteiger partial charge in [-0.25, -0.2) is 8.78 Å². The molecule has 0 saturated carbocycles. The van der Waals surface area contributed by atoms with Gasteiger partial charge in [-0.3, -0.25) is 4.79 Å². The third-order valence-corrected chi connectivity index (χ3v) is 6.19. The van der Waals surface area contributed by atoms with Crippen LogP contribution >= 0.6 is 0 Å². The second-order valence-electron chi connectivity index (χ2n) is 8.99. The number of aliphatic carboxylic acids is 1. The van der Waals surface area contributed by atoms with E-state index in [1.807, 2.05) is 0 Å². The summed E-state index contributed by atoms with van der Waals surface area (Å²) < 4.78 is 42.6. The molecule has 1 heterocycles. The molecule has 3 aromatic rings. The second kappa shape index (κ2) is 11.5. The van der Waals surface area contributed by atoms with E-state index < -0.39 is 23.6 Å². The van der Waals surface area contributed by atoms with Gasteiger partial charge >= 0.3 is 5.97 Å². The zero-order valence-electron chi connectivity index (χ0n) is 20.1. The molecular formula is C28H30F2N2O4. The van der Waals surface area contributed by atoms with Crippen LogP contribution < -0.4 is 15.8 Å². The smallest absolute Gasteiger partial charge is 0.307 e. The van der Waals surface area contributed by atoms with Gasteiger partial charge in [0.15, 0.2) is 5.82 Å². The first-order chi connectivity index (χ1) is 17.3. The van der Waals surface area contributed by atoms with Crippen LogP contribution in [-0.4, -0.2) is 30.3 Å². The molecular weight excluding hydrogens is 466 g/mol. The van der Waals surface area contributed by atoms with Gasteiger partial charge in [0.2, 0.25) is 0 Å². The van der Waals surface area contributed by atoms with Crippen LogP contribution in [0.25, 0.3) is 11.1 Å². The normalized spacial score (nSPS) is 16.1. The van der Waals surface area contributed by atoms with Crippen molar-refractivity contribution in [2.45, 2.75) is 44.9 Å². The molecule has 1 aliphatic rings. The summed E-state index contributed by atoms with van der Waals surface area (Å²) in [6, 6.07) is 14.2. The van der Waals surface area contributed by atoms with Crippen LogP contribution in [0.15, 0.2) is 54.6 Å². The van der Waals surface area contributed by atoms with Gasteiger partial charge in [0.25, 0.3) is 0 Å². The van der Waals surface area contributed by atoms with Crippen LogP contribution in [0.2, 0.25) is 0 Å². The van der Waals surface area contributed by atoms with Gasteiger partial charge in [-0.1, -0.05) is 36.4 Å². The number of carboxylic acids is 1. The lowest BCUT2D eigenvalue weighted by atomic mass is 9.96. The molecule has 4 N–H and O–H groups in total. The van der Waals surface area contributed by atoms with Crippen LogP contribution in [0.3, 0.4) is 0 Å². The lowest BCUT2D eigenvalue weighted by Crippen LogP contribution is -2.19. The third-order valence-electron chi connectivity index (χ3n) is 6.19. The molecule has 0 bridgehead atoms. The van der Waals surface area contributed by atoms with E-state index >= 15 is 8.78 Å². The number of carboxylic acid groups (broad SMARTS) is 1. The Kier molecular flexibility index (Phi) is 8.18. The molecule has 0 spiro atoms. The quantitative estimate of drug-likeness (QED) is 0.346. The SMILES string of the molecule is C[C@@H](N)c1cccc(-c2cc(COc3ccccc3CC(=O)O)cc(NCC3CCCO3)c2F)c1F. The van der Waals surface area contributed by atoms with E-state index in [-0.39, 0.29) is 35.9 Å². The highest BCUT2D eigenvalue weighted by molar-refractivity contribution is 5.72. The molecule has 1 unspecified atom stereocenters. The molecule has 0 radical (unpaired) electrons. The number of halogens is 2. The Morgan fingerprint density at radius 3 is 2.69 bits per heavy atom. The predicted octanol–water partition coefficient (Wildman–Crippen LogP) is 5.45. The van der Waals surface area contributed by atoms with Gasteiger partial charge in [0.1, 0.15) is 18.2 Å². The fourth-order valence-corrected chi connectivity index (χ4v) is 4.35. The van der Waals surface area contributed by atoms with Crippen LogP contribution in [0.1, 0.15) is 42.5 Å². The predicted molar refractivity (Wildman–Crippen MR) is 134 cm³/mol. The fraction of sp³-hybridized carbons (Fsp3) is 0.321. The van der Waals surface area contributed by atoms with Gasteiger partial charge in [-0.2, -0.15) is 0 Å². The van der Waals surface area contributed by atoms with Crippen molar-refractivity contribution in [1.82, 2.24) is 0 Å². The highest BCUT2D eigenvalue weighted by Crippen LogP contribution is 2.34. The van der Waals surface area contributed by atoms with E-state index in [1.165, 1.54) is 6.07 Å². The van der Waals surface area contributed by atoms with Crippen molar-refractivity contribution in [3.63, 3.8) is 0 Å². The van der Waals surface area contributed by atoms with E-state index in [9.17, 15) is 9.90 Å². The number of benzene rings is 3. The minimum atomic E-state index is -0.972. The Labute approximate surface area is 209 Å². The van der Waals surface area contributed by atoms with E-state index in [2.05, 4.69) is 5.32 Å². The summed E-state index contributed by atoms with van der Waals surface area (Å²) in [7, 11) is 0. The molecule has 0 aliphatic carbocycles. The molecule has 3 aromatic carbocycles. The standard InChI is InChI=1S/C28H30F2N2O4/c1-17(31)21-8-4-9-22(27(21)29)23-12-18(13-24(28(23)30)32-15-20-7-5-11-35-20)16-36-25-10-3-2-6-19(25)14-26(33)34/h2-4,6,8-10,12-13,17,20,32H,5,7,11,14-16,31H2,1H3,(H,33,34)/t17-,20?/m1/s1. The Balaban J connectivity index is 1.68. The number of carbonyl (C=O) groups is 1. The Bertz CT molecular complexity index is 1230. The van der Waals surface area contributed by atoms with E-state index in [1.54, 1.807) is 55.5 Å². The summed E-state index contributed by atoms with van der Waals surface area (Å²) in [6.45, 7) is 2.81. The average Bonchev–Trinajstić information content (AvgIpc) is 3.37. The van der Waals surface area contributed by atoms with Crippen LogP contribution in [-0.2, 0) is 22.6 Å². The molecule has 8 heteroatoms. The lowest BCUT2D eigenvalue weighted by Gasteiger charge is -2.18. The molecule has 1 saturated heterocycles. The van der Waals surface area contributed by atoms with Gasteiger partial charge in [-0.15, -0.1) is 0 Å². The molecule has 1 aliphatic heterocycles. The molecule has 2 atom stereocenters. The van der Waals surface area contributed by atoms with Crippen molar-refractivity contribution >= 4 is 11.7 Å². The number of nitrogens with one attached hydrogen (secondary N) is 1. The summed E-state index contributed by atoms with van der Waals surface area (Å²) in [5.41, 5.74) is 7.74. The topological polar surface area (TPSA) is 93.8 Å². The van der Waals surface area contributed by atoms with E-state index in [0.29, 0.717) is 35.6 Å². The lowest BCUT2D eigenvalue weighted by molar-refractivity contribution is -0.136. The summed E-state index contributed by atoms with van der Waals surface area (Å²) in [5, 5.41) is 12.3. The first-order valence-corrected chi connectivity index (χ1v) is 12.0. The fourth-order valence-electron chi connectivity index (χ4n) is 4.35. The molecule has 0 aromatic heterocycles. The summed E-state index contributed by atoms with van der Waals surface area (Å²) in [5.74, 6) is -1.70. The Morgan fingerprint density at radius 2 is 1.97 bits per heavy atom. The zero-order chi connectivity index (χ0) is 25.7. The third kappa shape index (κ3) is 6.01. The maximum atomic E-state index is 15.7. The van der Waals surface area contributed by atoms with E-state index in [4.69, 9.17) is 15.2 Å². The Morgan fingerprint density at radius 1 is 1.17 bits per heavy atom. The van der Waals surface area contributed by atoms with Gasteiger partial charge in [-0.05, 0) is 43.5 Å². The van der Waals surface area contributed by atoms with Crippen molar-refractivity contribution in [2.75, 3.05) is 18.5 Å². The van der Waals surface area contributed by atoms with Gasteiger partial charge in [0.05, 0.1) is 18.2 Å². The van der Waals surface area contributed by atoms with Gasteiger partial charge < -0.3 is 25.6 Å². The van der Waals surface area contributed by atoms with E-state index in [0.717, 1.165) is 12.8 Å². The van der Waals surface area contributed by atoms with Crippen LogP contribution in [0.4, 0.5) is 14.5 Å². The molecule has 0 amide bonds. The number of nitrogens with two attached hydrogens (primary N) is 1. The van der Waals surface area contributed by atoms with Crippen molar-refractivity contribution in [3.05, 3.63) is 82.9 Å². The molecule has 1 fully saturated rings. The minimum absolute atomic E-state index is 0.0196. The number of hydrogen-bond donors (Lipinski definition) is 3. The highest BCUT2D eigenvalue weighted by atomic mass is 19.1. The van der Waals surface area contributed by atoms with Crippen molar-refractivity contribution < 1.29 is 28.2 Å². The molecule has 6 nitrogen and oxygen atoms in total. The summed E-state index contributed by atoms with van der Waals surface area (Å²) in [6.07, 6.45) is 1.64. The number of hydrogen-bond acceptors (Lipinski definition) is 5. The van der Waals surface area contributed by atoms with Crippen molar-refractivity contribution in [1.29, 1.82) is 0 Å². The number of rotatable bonds is 10. The Hall–Kier alpha value is -3.49. The monoisotopic (exact) mass is 496 g/mol. The number of ether oxygens (including phenoxy) is 2. The zero-order valence-corrected chi connectivity index (χ0v) is 20.1. The van der Waals surface area contributed by atoms with Crippen molar-refractivity contribution in [3.8, 4) is 16.9 Å². The molecule has 190 valence electrons. The summed E-state index contributed by atoms with van der Waals surface area (Å²) >= 11 is 0. The van der Waals surface area contributed by atoms with Gasteiger partial charge in [0, 0.05) is 41.4 Å². The maximum absolute atomic E-state index is 15.7. The maximum Gasteiger partial charge on any atom is 0.307 e. The van der Waals surface area contributed by atoms with Crippen molar-refractivity contribution in [2.24, 2.45) is 5.73 Å². The largest absolute Gasteiger partial charge is 0.489 e. The molecule has 36 heavy (non-hydrogen) atoms. The first kappa shape index (κ1) is 25.6. The molecule has 4 rings (SSSR count). The number of para-hydroxylation sites is 1. The van der Waals surface area contributed by atoms with Crippen LogP contribution in [0.5, 0.6) is 5.75 Å². The first-order valence-electron chi connectivity index (χ1n) is 12.0. The average molecular weight is 497 g/mol. The van der Waals surface area contributed by atoms with Crippen LogP contribution in [0, 0.1) is 11.6 Å². The number of anilines is 1. The second-order valence-corrected chi connectivity index (χ2v) is 8.99. The summed E-state index contributed by atoms with van der Waals surface area (Å²) in [4.78, 5) is 11.2. The minimum Gasteiger partial charge on any atom is -0.489 e. The highest BCUT2D eigenvalue weighted by Gasteiger charge is 2.21.